The number of aryl methyl sites for hydroxylation is 1. The van der Waals surface area contributed by atoms with Crippen LogP contribution in [0.15, 0.2) is 58.7 Å². The maximum atomic E-state index is 12.9. The Bertz CT molecular complexity index is 1170. The summed E-state index contributed by atoms with van der Waals surface area (Å²) in [6.45, 7) is 3.76. The van der Waals surface area contributed by atoms with E-state index in [9.17, 15) is 14.4 Å². The highest BCUT2D eigenvalue weighted by Gasteiger charge is 2.36. The smallest absolute Gasteiger partial charge is 0.331 e. The Kier molecular flexibility index (Phi) is 5.05. The molecule has 4 amide bonds. The third-order valence-electron chi connectivity index (χ3n) is 4.93. The minimum absolute atomic E-state index is 0.0634. The fraction of sp³-hybridized carbons (Fsp3) is 0.136. The highest BCUT2D eigenvalue weighted by molar-refractivity contribution is 6.31. The van der Waals surface area contributed by atoms with Gasteiger partial charge in [0.2, 0.25) is 0 Å². The van der Waals surface area contributed by atoms with Gasteiger partial charge in [-0.1, -0.05) is 11.6 Å². The molecule has 2 aromatic heterocycles. The van der Waals surface area contributed by atoms with Gasteiger partial charge in [0.25, 0.3) is 11.8 Å². The number of imide groups is 2. The van der Waals surface area contributed by atoms with E-state index < -0.39 is 17.8 Å². The molecule has 7 nitrogen and oxygen atoms in total. The number of benzene rings is 1. The first kappa shape index (κ1) is 19.7. The first-order valence-corrected chi connectivity index (χ1v) is 9.59. The molecule has 1 N–H and O–H groups in total. The van der Waals surface area contributed by atoms with Crippen LogP contribution in [-0.2, 0) is 16.1 Å². The zero-order valence-corrected chi connectivity index (χ0v) is 17.1. The first-order valence-electron chi connectivity index (χ1n) is 9.21. The number of nitrogens with one attached hydrogen (secondary N) is 1. The predicted octanol–water partition coefficient (Wildman–Crippen LogP) is 4.00. The fourth-order valence-electron chi connectivity index (χ4n) is 3.47. The Hall–Kier alpha value is -3.58. The molecule has 152 valence electrons. The summed E-state index contributed by atoms with van der Waals surface area (Å²) < 4.78 is 7.22. The van der Waals surface area contributed by atoms with Gasteiger partial charge in [-0.3, -0.25) is 19.8 Å². The molecule has 1 aliphatic heterocycles. The van der Waals surface area contributed by atoms with Crippen molar-refractivity contribution in [2.75, 3.05) is 0 Å². The van der Waals surface area contributed by atoms with Gasteiger partial charge in [-0.25, -0.2) is 4.79 Å². The van der Waals surface area contributed by atoms with E-state index >= 15 is 0 Å². The van der Waals surface area contributed by atoms with E-state index in [0.717, 1.165) is 22.0 Å². The molecule has 1 aliphatic rings. The van der Waals surface area contributed by atoms with Crippen LogP contribution in [0.4, 0.5) is 4.79 Å². The number of carbonyl (C=O) groups is 3. The summed E-state index contributed by atoms with van der Waals surface area (Å²) in [4.78, 5) is 38.4. The van der Waals surface area contributed by atoms with Crippen molar-refractivity contribution >= 4 is 35.5 Å². The van der Waals surface area contributed by atoms with Gasteiger partial charge in [0.05, 0.1) is 12.8 Å². The number of amides is 4. The summed E-state index contributed by atoms with van der Waals surface area (Å²) in [5.74, 6) is -0.957. The van der Waals surface area contributed by atoms with Crippen molar-refractivity contribution in [1.29, 1.82) is 0 Å². The van der Waals surface area contributed by atoms with Crippen LogP contribution in [0, 0.1) is 13.8 Å². The minimum Gasteiger partial charge on any atom is -0.467 e. The van der Waals surface area contributed by atoms with Crippen molar-refractivity contribution < 1.29 is 18.8 Å². The normalized spacial score (nSPS) is 15.8. The summed E-state index contributed by atoms with van der Waals surface area (Å²) in [6.07, 6.45) is 2.96. The van der Waals surface area contributed by atoms with Gasteiger partial charge in [0, 0.05) is 22.1 Å². The number of furan rings is 1. The van der Waals surface area contributed by atoms with Gasteiger partial charge in [0.1, 0.15) is 11.3 Å². The van der Waals surface area contributed by atoms with Crippen LogP contribution in [-0.4, -0.2) is 27.3 Å². The van der Waals surface area contributed by atoms with Gasteiger partial charge < -0.3 is 8.98 Å². The number of aromatic nitrogens is 1. The van der Waals surface area contributed by atoms with Crippen molar-refractivity contribution in [2.45, 2.75) is 20.4 Å². The Morgan fingerprint density at radius 1 is 1.10 bits per heavy atom. The van der Waals surface area contributed by atoms with E-state index in [0.29, 0.717) is 16.3 Å². The van der Waals surface area contributed by atoms with E-state index in [1.807, 2.05) is 36.6 Å². The van der Waals surface area contributed by atoms with Crippen LogP contribution in [0.3, 0.4) is 0 Å². The molecule has 3 heterocycles. The monoisotopic (exact) mass is 423 g/mol. The second-order valence-electron chi connectivity index (χ2n) is 6.93. The number of halogens is 1. The molecule has 0 radical (unpaired) electrons. The molecule has 4 rings (SSSR count). The number of barbiturate groups is 1. The number of hydrogen-bond donors (Lipinski definition) is 1. The third kappa shape index (κ3) is 3.55. The summed E-state index contributed by atoms with van der Waals surface area (Å²) in [7, 11) is 0. The first-order chi connectivity index (χ1) is 14.3. The Morgan fingerprint density at radius 3 is 2.50 bits per heavy atom. The lowest BCUT2D eigenvalue weighted by atomic mass is 10.1. The highest BCUT2D eigenvalue weighted by Crippen LogP contribution is 2.25. The molecule has 0 saturated carbocycles. The van der Waals surface area contributed by atoms with Crippen LogP contribution in [0.1, 0.15) is 22.7 Å². The van der Waals surface area contributed by atoms with Crippen LogP contribution < -0.4 is 5.32 Å². The van der Waals surface area contributed by atoms with Crippen molar-refractivity contribution in [2.24, 2.45) is 0 Å². The molecule has 8 heteroatoms. The molecule has 1 fully saturated rings. The number of nitrogens with zero attached hydrogens (tertiary/aromatic N) is 2. The van der Waals surface area contributed by atoms with E-state index in [1.54, 1.807) is 24.3 Å². The second-order valence-corrected chi connectivity index (χ2v) is 7.36. The van der Waals surface area contributed by atoms with E-state index in [2.05, 4.69) is 5.32 Å². The van der Waals surface area contributed by atoms with Crippen molar-refractivity contribution in [3.63, 3.8) is 0 Å². The zero-order chi connectivity index (χ0) is 21.4. The summed E-state index contributed by atoms with van der Waals surface area (Å²) in [5.41, 5.74) is 3.27. The largest absolute Gasteiger partial charge is 0.467 e. The van der Waals surface area contributed by atoms with Gasteiger partial charge in [0.15, 0.2) is 0 Å². The lowest BCUT2D eigenvalue weighted by Crippen LogP contribution is -2.53. The number of rotatable bonds is 4. The highest BCUT2D eigenvalue weighted by atomic mass is 35.5. The van der Waals surface area contributed by atoms with Gasteiger partial charge in [-0.2, -0.15) is 0 Å². The minimum atomic E-state index is -0.773. The van der Waals surface area contributed by atoms with Gasteiger partial charge in [-0.15, -0.1) is 0 Å². The lowest BCUT2D eigenvalue weighted by Gasteiger charge is -2.25. The predicted molar refractivity (Wildman–Crippen MR) is 111 cm³/mol. The third-order valence-corrected chi connectivity index (χ3v) is 5.19. The molecule has 1 saturated heterocycles. The zero-order valence-electron chi connectivity index (χ0n) is 16.3. The molecule has 30 heavy (non-hydrogen) atoms. The van der Waals surface area contributed by atoms with Crippen LogP contribution in [0.5, 0.6) is 0 Å². The summed E-state index contributed by atoms with van der Waals surface area (Å²) in [5, 5.41) is 2.85. The molecular weight excluding hydrogens is 406 g/mol. The number of hydrogen-bond acceptors (Lipinski definition) is 4. The molecule has 0 unspecified atom stereocenters. The molecule has 0 bridgehead atoms. The number of urea groups is 1. The summed E-state index contributed by atoms with van der Waals surface area (Å²) >= 11 is 5.98. The molecule has 0 aliphatic carbocycles. The maximum absolute atomic E-state index is 12.9. The molecule has 3 aromatic rings. The SMILES string of the molecule is Cc1cc(/C=C2\C(=O)NC(=O)N(Cc3ccco3)C2=O)c(C)n1-c1ccc(Cl)cc1. The van der Waals surface area contributed by atoms with Gasteiger partial charge in [-0.05, 0) is 68.0 Å². The topological polar surface area (TPSA) is 84.6 Å². The second kappa shape index (κ2) is 7.68. The maximum Gasteiger partial charge on any atom is 0.331 e. The van der Waals surface area contributed by atoms with Crippen molar-refractivity contribution in [3.05, 3.63) is 82.0 Å². The van der Waals surface area contributed by atoms with Crippen LogP contribution in [0.25, 0.3) is 11.8 Å². The molecule has 0 spiro atoms. The molecular formula is C22H18ClN3O4. The van der Waals surface area contributed by atoms with E-state index in [4.69, 9.17) is 16.0 Å². The average Bonchev–Trinajstić information content (AvgIpc) is 3.31. The number of carbonyl (C=O) groups excluding carboxylic acids is 3. The Labute approximate surface area is 177 Å². The average molecular weight is 424 g/mol. The fourth-order valence-corrected chi connectivity index (χ4v) is 3.60. The quantitative estimate of drug-likeness (QED) is 0.507. The van der Waals surface area contributed by atoms with E-state index in [-0.39, 0.29) is 12.1 Å². The van der Waals surface area contributed by atoms with E-state index in [1.165, 1.54) is 12.3 Å². The van der Waals surface area contributed by atoms with Crippen LogP contribution >= 0.6 is 11.6 Å². The Balaban J connectivity index is 1.70. The lowest BCUT2D eigenvalue weighted by molar-refractivity contribution is -0.130. The Morgan fingerprint density at radius 2 is 1.83 bits per heavy atom. The van der Waals surface area contributed by atoms with Crippen molar-refractivity contribution in [3.8, 4) is 5.69 Å². The molecule has 1 aromatic carbocycles. The molecule has 0 atom stereocenters. The standard InChI is InChI=1S/C22H18ClN3O4/c1-13-10-15(14(2)26(13)17-7-5-16(23)6-8-17)11-19-20(27)24-22(29)25(21(19)28)12-18-4-3-9-30-18/h3-11H,12H2,1-2H3,(H,24,27,29)/b19-11+. The van der Waals surface area contributed by atoms with Crippen LogP contribution in [0.2, 0.25) is 5.02 Å². The summed E-state index contributed by atoms with van der Waals surface area (Å²) in [6, 6.07) is 11.8. The van der Waals surface area contributed by atoms with Gasteiger partial charge >= 0.3 is 6.03 Å². The van der Waals surface area contributed by atoms with Crippen molar-refractivity contribution in [1.82, 2.24) is 14.8 Å².